The SMILES string of the molecule is O=C([O-])c1ccc(C(=O)Nc2cc(Cl)cc(Cl)c2)c(C(=O)[O-])c1. The summed E-state index contributed by atoms with van der Waals surface area (Å²) in [5, 5.41) is 24.9. The van der Waals surface area contributed by atoms with Crippen LogP contribution in [0, 0.1) is 0 Å². The van der Waals surface area contributed by atoms with Crippen LogP contribution in [0.3, 0.4) is 0 Å². The van der Waals surface area contributed by atoms with Crippen molar-refractivity contribution in [1.29, 1.82) is 0 Å². The highest BCUT2D eigenvalue weighted by Crippen LogP contribution is 2.23. The van der Waals surface area contributed by atoms with Crippen LogP contribution in [-0.4, -0.2) is 17.8 Å². The number of rotatable bonds is 4. The van der Waals surface area contributed by atoms with Crippen molar-refractivity contribution in [3.63, 3.8) is 0 Å². The third kappa shape index (κ3) is 4.00. The van der Waals surface area contributed by atoms with E-state index in [1.807, 2.05) is 0 Å². The van der Waals surface area contributed by atoms with Crippen molar-refractivity contribution in [2.45, 2.75) is 0 Å². The van der Waals surface area contributed by atoms with E-state index in [1.165, 1.54) is 18.2 Å². The Kier molecular flexibility index (Phi) is 4.88. The minimum atomic E-state index is -1.69. The summed E-state index contributed by atoms with van der Waals surface area (Å²) >= 11 is 11.6. The first-order valence-corrected chi connectivity index (χ1v) is 6.87. The zero-order valence-corrected chi connectivity index (χ0v) is 12.8. The standard InChI is InChI=1S/C15H9Cl2NO5/c16-8-4-9(17)6-10(5-8)18-13(19)11-2-1-7(14(20)21)3-12(11)15(22)23/h1-6H,(H,18,19)(H,20,21)(H,22,23)/p-2. The summed E-state index contributed by atoms with van der Waals surface area (Å²) in [4.78, 5) is 34.1. The monoisotopic (exact) mass is 351 g/mol. The summed E-state index contributed by atoms with van der Waals surface area (Å²) in [6, 6.07) is 7.20. The molecule has 6 nitrogen and oxygen atoms in total. The maximum Gasteiger partial charge on any atom is 0.256 e. The largest absolute Gasteiger partial charge is 0.545 e. The predicted octanol–water partition coefficient (Wildman–Crippen LogP) is 0.973. The Labute approximate surface area is 140 Å². The fourth-order valence-corrected chi connectivity index (χ4v) is 2.39. The molecule has 2 aromatic carbocycles. The number of carbonyl (C=O) groups is 3. The molecule has 0 saturated heterocycles. The van der Waals surface area contributed by atoms with Gasteiger partial charge in [0.05, 0.1) is 11.9 Å². The first-order valence-electron chi connectivity index (χ1n) is 6.12. The van der Waals surface area contributed by atoms with Crippen LogP contribution in [0.5, 0.6) is 0 Å². The lowest BCUT2D eigenvalue weighted by atomic mass is 10.0. The second-order valence-electron chi connectivity index (χ2n) is 4.45. The van der Waals surface area contributed by atoms with Gasteiger partial charge in [-0.15, -0.1) is 0 Å². The van der Waals surface area contributed by atoms with E-state index in [1.54, 1.807) is 0 Å². The Morgan fingerprint density at radius 3 is 1.96 bits per heavy atom. The van der Waals surface area contributed by atoms with E-state index in [9.17, 15) is 24.6 Å². The topological polar surface area (TPSA) is 109 Å². The first-order chi connectivity index (χ1) is 10.8. The van der Waals surface area contributed by atoms with Crippen molar-refractivity contribution in [2.24, 2.45) is 0 Å². The molecule has 2 aromatic rings. The van der Waals surface area contributed by atoms with E-state index in [4.69, 9.17) is 23.2 Å². The maximum atomic E-state index is 12.2. The average molecular weight is 352 g/mol. The van der Waals surface area contributed by atoms with Crippen molar-refractivity contribution in [3.8, 4) is 0 Å². The first kappa shape index (κ1) is 16.8. The van der Waals surface area contributed by atoms with Crippen LogP contribution in [-0.2, 0) is 0 Å². The fraction of sp³-hybridized carbons (Fsp3) is 0. The van der Waals surface area contributed by atoms with Gasteiger partial charge in [0.25, 0.3) is 5.91 Å². The molecule has 0 heterocycles. The summed E-state index contributed by atoms with van der Waals surface area (Å²) < 4.78 is 0. The second kappa shape index (κ2) is 6.68. The summed E-state index contributed by atoms with van der Waals surface area (Å²) in [6.45, 7) is 0. The molecule has 8 heteroatoms. The number of amides is 1. The van der Waals surface area contributed by atoms with Gasteiger partial charge in [0.15, 0.2) is 0 Å². The zero-order valence-electron chi connectivity index (χ0n) is 11.3. The number of carboxylic acids is 2. The van der Waals surface area contributed by atoms with Crippen molar-refractivity contribution < 1.29 is 24.6 Å². The number of aromatic carboxylic acids is 2. The zero-order chi connectivity index (χ0) is 17.1. The van der Waals surface area contributed by atoms with E-state index in [0.29, 0.717) is 0 Å². The quantitative estimate of drug-likeness (QED) is 0.882. The predicted molar refractivity (Wildman–Crippen MR) is 79.5 cm³/mol. The molecule has 1 amide bonds. The third-order valence-electron chi connectivity index (χ3n) is 2.84. The van der Waals surface area contributed by atoms with E-state index in [0.717, 1.165) is 18.2 Å². The number of halogens is 2. The Morgan fingerprint density at radius 2 is 1.43 bits per heavy atom. The lowest BCUT2D eigenvalue weighted by Crippen LogP contribution is -2.28. The molecule has 0 aromatic heterocycles. The van der Waals surface area contributed by atoms with Crippen LogP contribution >= 0.6 is 23.2 Å². The number of carbonyl (C=O) groups excluding carboxylic acids is 3. The summed E-state index contributed by atoms with van der Waals surface area (Å²) in [6.07, 6.45) is 0. The summed E-state index contributed by atoms with van der Waals surface area (Å²) in [5.74, 6) is -4.05. The van der Waals surface area contributed by atoms with E-state index in [-0.39, 0.29) is 26.9 Å². The molecular formula is C15H7Cl2NO5-2. The van der Waals surface area contributed by atoms with Crippen molar-refractivity contribution in [3.05, 3.63) is 63.1 Å². The normalized spacial score (nSPS) is 10.2. The minimum Gasteiger partial charge on any atom is -0.545 e. The Hall–Kier alpha value is -2.57. The van der Waals surface area contributed by atoms with E-state index >= 15 is 0 Å². The summed E-state index contributed by atoms with van der Waals surface area (Å²) in [5.41, 5.74) is -0.976. The van der Waals surface area contributed by atoms with Crippen LogP contribution in [0.4, 0.5) is 5.69 Å². The van der Waals surface area contributed by atoms with Crippen LogP contribution < -0.4 is 15.5 Å². The van der Waals surface area contributed by atoms with E-state index in [2.05, 4.69) is 5.32 Å². The molecular weight excluding hydrogens is 345 g/mol. The van der Waals surface area contributed by atoms with Crippen molar-refractivity contribution in [1.82, 2.24) is 0 Å². The molecule has 23 heavy (non-hydrogen) atoms. The summed E-state index contributed by atoms with van der Waals surface area (Å²) in [7, 11) is 0. The van der Waals surface area contributed by atoms with Crippen LogP contribution in [0.15, 0.2) is 36.4 Å². The Bertz CT molecular complexity index is 799. The molecule has 0 aliphatic heterocycles. The molecule has 0 spiro atoms. The van der Waals surface area contributed by atoms with Crippen LogP contribution in [0.25, 0.3) is 0 Å². The molecule has 0 saturated carbocycles. The molecule has 0 bridgehead atoms. The van der Waals surface area contributed by atoms with E-state index < -0.39 is 23.4 Å². The lowest BCUT2D eigenvalue weighted by Gasteiger charge is -2.13. The maximum absolute atomic E-state index is 12.2. The number of carboxylic acid groups (broad SMARTS) is 2. The second-order valence-corrected chi connectivity index (χ2v) is 5.32. The van der Waals surface area contributed by atoms with Crippen LogP contribution in [0.2, 0.25) is 10.0 Å². The minimum absolute atomic E-state index is 0.251. The molecule has 0 aliphatic rings. The Balaban J connectivity index is 2.38. The van der Waals surface area contributed by atoms with Gasteiger partial charge in [-0.1, -0.05) is 29.3 Å². The van der Waals surface area contributed by atoms with Gasteiger partial charge in [0, 0.05) is 26.9 Å². The van der Waals surface area contributed by atoms with Gasteiger partial charge in [-0.3, -0.25) is 4.79 Å². The molecule has 0 radical (unpaired) electrons. The highest BCUT2D eigenvalue weighted by atomic mass is 35.5. The average Bonchev–Trinajstić information content (AvgIpc) is 2.45. The molecule has 1 N–H and O–H groups in total. The molecule has 0 unspecified atom stereocenters. The van der Waals surface area contributed by atoms with Gasteiger partial charge in [-0.25, -0.2) is 0 Å². The smallest absolute Gasteiger partial charge is 0.256 e. The number of hydrogen-bond donors (Lipinski definition) is 1. The van der Waals surface area contributed by atoms with Gasteiger partial charge < -0.3 is 25.1 Å². The number of benzene rings is 2. The van der Waals surface area contributed by atoms with Crippen molar-refractivity contribution in [2.75, 3.05) is 5.32 Å². The molecule has 0 atom stereocenters. The number of hydrogen-bond acceptors (Lipinski definition) is 5. The van der Waals surface area contributed by atoms with Crippen molar-refractivity contribution >= 4 is 46.7 Å². The molecule has 0 aliphatic carbocycles. The highest BCUT2D eigenvalue weighted by Gasteiger charge is 2.14. The number of nitrogens with one attached hydrogen (secondary N) is 1. The Morgan fingerprint density at radius 1 is 0.826 bits per heavy atom. The molecule has 118 valence electrons. The third-order valence-corrected chi connectivity index (χ3v) is 3.28. The van der Waals surface area contributed by atoms with Gasteiger partial charge in [0.2, 0.25) is 0 Å². The molecule has 2 rings (SSSR count). The highest BCUT2D eigenvalue weighted by molar-refractivity contribution is 6.35. The molecule has 0 fully saturated rings. The lowest BCUT2D eigenvalue weighted by molar-refractivity contribution is -0.255. The fourth-order valence-electron chi connectivity index (χ4n) is 1.86. The van der Waals surface area contributed by atoms with Gasteiger partial charge in [-0.2, -0.15) is 0 Å². The number of anilines is 1. The van der Waals surface area contributed by atoms with Gasteiger partial charge in [-0.05, 0) is 35.9 Å². The van der Waals surface area contributed by atoms with Gasteiger partial charge in [0.1, 0.15) is 0 Å². The van der Waals surface area contributed by atoms with Crippen LogP contribution in [0.1, 0.15) is 31.1 Å². The van der Waals surface area contributed by atoms with Gasteiger partial charge >= 0.3 is 0 Å².